The van der Waals surface area contributed by atoms with Crippen LogP contribution in [0.2, 0.25) is 0 Å². The predicted octanol–water partition coefficient (Wildman–Crippen LogP) is 5.04. The summed E-state index contributed by atoms with van der Waals surface area (Å²) in [7, 11) is -4.17. The SMILES string of the molecule is CCC(C[C@@H](NS(=O)(=O)c1ccc(OCc2cc(Br)cc(Br)c2)cc1)C(=O)NO)NC(=O)OCc1ccccc1. The Morgan fingerprint density at radius 3 is 2.17 bits per heavy atom. The minimum atomic E-state index is -4.17. The summed E-state index contributed by atoms with van der Waals surface area (Å²) < 4.78 is 41.1. The van der Waals surface area contributed by atoms with Gasteiger partial charge < -0.3 is 14.8 Å². The van der Waals surface area contributed by atoms with Crippen molar-refractivity contribution in [3.05, 3.63) is 92.9 Å². The molecule has 1 unspecified atom stereocenters. The van der Waals surface area contributed by atoms with E-state index in [4.69, 9.17) is 9.47 Å². The minimum Gasteiger partial charge on any atom is -0.489 e. The molecule has 0 bridgehead atoms. The van der Waals surface area contributed by atoms with Crippen molar-refractivity contribution >= 4 is 53.9 Å². The van der Waals surface area contributed by atoms with Gasteiger partial charge in [0.2, 0.25) is 10.0 Å². The van der Waals surface area contributed by atoms with E-state index in [9.17, 15) is 23.2 Å². The Hall–Kier alpha value is -2.97. The number of hydrogen-bond donors (Lipinski definition) is 4. The largest absolute Gasteiger partial charge is 0.489 e. The molecule has 0 spiro atoms. The molecule has 13 heteroatoms. The predicted molar refractivity (Wildman–Crippen MR) is 155 cm³/mol. The summed E-state index contributed by atoms with van der Waals surface area (Å²) in [5.74, 6) is -0.523. The second-order valence-electron chi connectivity index (χ2n) is 8.73. The van der Waals surface area contributed by atoms with E-state index in [0.717, 1.165) is 20.1 Å². The van der Waals surface area contributed by atoms with E-state index in [1.807, 2.05) is 36.4 Å². The second kappa shape index (κ2) is 15.1. The molecule has 0 saturated carbocycles. The molecular weight excluding hydrogens is 670 g/mol. The number of sulfonamides is 1. The van der Waals surface area contributed by atoms with Crippen molar-refractivity contribution in [2.45, 2.75) is 50.0 Å². The van der Waals surface area contributed by atoms with Crippen LogP contribution in [-0.4, -0.2) is 37.7 Å². The van der Waals surface area contributed by atoms with Gasteiger partial charge in [0.1, 0.15) is 25.0 Å². The van der Waals surface area contributed by atoms with Crippen LogP contribution in [0.25, 0.3) is 0 Å². The fourth-order valence-electron chi connectivity index (χ4n) is 3.66. The smallest absolute Gasteiger partial charge is 0.407 e. The first kappa shape index (κ1) is 31.6. The monoisotopic (exact) mass is 697 g/mol. The summed E-state index contributed by atoms with van der Waals surface area (Å²) in [5, 5.41) is 11.8. The number of halogens is 2. The summed E-state index contributed by atoms with van der Waals surface area (Å²) in [6.45, 7) is 2.08. The molecule has 40 heavy (non-hydrogen) atoms. The van der Waals surface area contributed by atoms with Crippen LogP contribution < -0.4 is 20.3 Å². The maximum Gasteiger partial charge on any atom is 0.407 e. The molecule has 0 fully saturated rings. The number of carbonyl (C=O) groups is 2. The number of hydroxylamine groups is 1. The van der Waals surface area contributed by atoms with Crippen molar-refractivity contribution in [1.29, 1.82) is 0 Å². The molecule has 0 aliphatic heterocycles. The third kappa shape index (κ3) is 9.89. The van der Waals surface area contributed by atoms with Gasteiger partial charge in [-0.3, -0.25) is 10.0 Å². The fourth-order valence-corrected chi connectivity index (χ4v) is 6.26. The highest BCUT2D eigenvalue weighted by Gasteiger charge is 2.29. The molecule has 0 aromatic heterocycles. The Balaban J connectivity index is 1.61. The van der Waals surface area contributed by atoms with Crippen LogP contribution in [0.3, 0.4) is 0 Å². The van der Waals surface area contributed by atoms with Crippen LogP contribution in [0.5, 0.6) is 5.75 Å². The highest BCUT2D eigenvalue weighted by atomic mass is 79.9. The molecule has 2 amide bonds. The van der Waals surface area contributed by atoms with Gasteiger partial charge in [0, 0.05) is 15.0 Å². The van der Waals surface area contributed by atoms with Gasteiger partial charge in [-0.2, -0.15) is 4.72 Å². The summed E-state index contributed by atoms with van der Waals surface area (Å²) >= 11 is 6.84. The zero-order valence-electron chi connectivity index (χ0n) is 21.5. The zero-order chi connectivity index (χ0) is 29.1. The number of carbonyl (C=O) groups excluding carboxylic acids is 2. The van der Waals surface area contributed by atoms with Gasteiger partial charge in [0.05, 0.1) is 4.90 Å². The highest BCUT2D eigenvalue weighted by molar-refractivity contribution is 9.11. The average molecular weight is 699 g/mol. The van der Waals surface area contributed by atoms with Crippen LogP contribution in [0, 0.1) is 0 Å². The molecule has 4 N–H and O–H groups in total. The molecule has 0 aliphatic rings. The van der Waals surface area contributed by atoms with E-state index in [-0.39, 0.29) is 24.5 Å². The normalized spacial score (nSPS) is 12.7. The maximum absolute atomic E-state index is 13.0. The van der Waals surface area contributed by atoms with E-state index in [1.54, 1.807) is 19.1 Å². The second-order valence-corrected chi connectivity index (χ2v) is 12.3. The Morgan fingerprint density at radius 2 is 1.57 bits per heavy atom. The highest BCUT2D eigenvalue weighted by Crippen LogP contribution is 2.22. The molecule has 0 heterocycles. The summed E-state index contributed by atoms with van der Waals surface area (Å²) in [6, 6.07) is 18.5. The Morgan fingerprint density at radius 1 is 0.925 bits per heavy atom. The van der Waals surface area contributed by atoms with E-state index in [1.165, 1.54) is 29.7 Å². The Labute approximate surface area is 249 Å². The summed E-state index contributed by atoms with van der Waals surface area (Å²) in [4.78, 5) is 24.5. The number of benzene rings is 3. The van der Waals surface area contributed by atoms with Crippen molar-refractivity contribution in [2.24, 2.45) is 0 Å². The van der Waals surface area contributed by atoms with E-state index < -0.39 is 34.1 Å². The number of ether oxygens (including phenoxy) is 2. The standard InChI is InChI=1S/C27H29Br2N3O7S/c1-2-22(30-27(34)39-16-18-6-4-3-5-7-18)15-25(26(33)31-35)32-40(36,37)24-10-8-23(9-11-24)38-17-19-12-20(28)14-21(29)13-19/h3-14,22,25,32,35H,2,15-17H2,1H3,(H,30,34)(H,31,33)/t22?,25-/m1/s1. The number of rotatable bonds is 13. The first-order chi connectivity index (χ1) is 19.1. The molecule has 3 aromatic carbocycles. The van der Waals surface area contributed by atoms with Crippen LogP contribution in [0.15, 0.2) is 86.6 Å². The summed E-state index contributed by atoms with van der Waals surface area (Å²) in [5.41, 5.74) is 3.18. The van der Waals surface area contributed by atoms with Gasteiger partial charge >= 0.3 is 6.09 Å². The third-order valence-electron chi connectivity index (χ3n) is 5.73. The fraction of sp³-hybridized carbons (Fsp3) is 0.259. The Bertz CT molecular complexity index is 1370. The van der Waals surface area contributed by atoms with Crippen molar-refractivity contribution in [3.63, 3.8) is 0 Å². The van der Waals surface area contributed by atoms with Crippen LogP contribution >= 0.6 is 31.9 Å². The third-order valence-corrected chi connectivity index (χ3v) is 8.14. The minimum absolute atomic E-state index is 0.0520. The van der Waals surface area contributed by atoms with Gasteiger partial charge in [-0.25, -0.2) is 18.7 Å². The first-order valence-corrected chi connectivity index (χ1v) is 15.3. The molecule has 0 aliphatic carbocycles. The lowest BCUT2D eigenvalue weighted by Crippen LogP contribution is -2.50. The molecule has 3 rings (SSSR count). The van der Waals surface area contributed by atoms with Crippen molar-refractivity contribution in [2.75, 3.05) is 0 Å². The zero-order valence-corrected chi connectivity index (χ0v) is 25.5. The van der Waals surface area contributed by atoms with Gasteiger partial charge in [0.15, 0.2) is 0 Å². The molecular formula is C27H29Br2N3O7S. The van der Waals surface area contributed by atoms with E-state index in [0.29, 0.717) is 12.2 Å². The molecule has 0 radical (unpaired) electrons. The number of alkyl carbamates (subject to hydrolysis) is 1. The topological polar surface area (TPSA) is 143 Å². The van der Waals surface area contributed by atoms with Gasteiger partial charge in [0.25, 0.3) is 5.91 Å². The Kier molecular flexibility index (Phi) is 11.9. The van der Waals surface area contributed by atoms with Gasteiger partial charge in [-0.1, -0.05) is 69.1 Å². The lowest BCUT2D eigenvalue weighted by atomic mass is 10.1. The molecule has 0 saturated heterocycles. The number of amides is 2. The first-order valence-electron chi connectivity index (χ1n) is 12.2. The number of nitrogens with one attached hydrogen (secondary N) is 3. The van der Waals surface area contributed by atoms with E-state index in [2.05, 4.69) is 41.9 Å². The molecule has 214 valence electrons. The lowest BCUT2D eigenvalue weighted by Gasteiger charge is -2.23. The molecule has 3 aromatic rings. The lowest BCUT2D eigenvalue weighted by molar-refractivity contribution is -0.131. The van der Waals surface area contributed by atoms with Crippen LogP contribution in [0.4, 0.5) is 4.79 Å². The molecule has 2 atom stereocenters. The quantitative estimate of drug-likeness (QED) is 0.145. The van der Waals surface area contributed by atoms with Gasteiger partial charge in [-0.15, -0.1) is 0 Å². The maximum atomic E-state index is 13.0. The van der Waals surface area contributed by atoms with Crippen LogP contribution in [-0.2, 0) is 32.8 Å². The van der Waals surface area contributed by atoms with Gasteiger partial charge in [-0.05, 0) is 66.4 Å². The van der Waals surface area contributed by atoms with E-state index >= 15 is 0 Å². The average Bonchev–Trinajstić information content (AvgIpc) is 2.94. The molecule has 10 nitrogen and oxygen atoms in total. The number of hydrogen-bond acceptors (Lipinski definition) is 7. The van der Waals surface area contributed by atoms with Crippen LogP contribution in [0.1, 0.15) is 30.9 Å². The summed E-state index contributed by atoms with van der Waals surface area (Å²) in [6.07, 6.45) is -0.475. The van der Waals surface area contributed by atoms with Crippen molar-refractivity contribution in [3.8, 4) is 5.75 Å². The van der Waals surface area contributed by atoms with Crippen molar-refractivity contribution in [1.82, 2.24) is 15.5 Å². The van der Waals surface area contributed by atoms with Crippen molar-refractivity contribution < 1.29 is 32.7 Å².